The minimum absolute atomic E-state index is 0.0228. The summed E-state index contributed by atoms with van der Waals surface area (Å²) < 4.78 is 0. The molecule has 2 rings (SSSR count). The Morgan fingerprint density at radius 1 is 0.960 bits per heavy atom. The van der Waals surface area contributed by atoms with E-state index in [0.29, 0.717) is 6.42 Å². The molecule has 0 atom stereocenters. The Hall–Kier alpha value is -2.62. The van der Waals surface area contributed by atoms with Crippen LogP contribution in [-0.2, 0) is 16.0 Å². The number of benzene rings is 2. The predicted molar refractivity (Wildman–Crippen MR) is 103 cm³/mol. The van der Waals surface area contributed by atoms with Crippen LogP contribution >= 0.6 is 0 Å². The minimum atomic E-state index is -0.0228. The molecular formula is C21H26N2O2. The lowest BCUT2D eigenvalue weighted by Gasteiger charge is -2.15. The molecule has 25 heavy (non-hydrogen) atoms. The summed E-state index contributed by atoms with van der Waals surface area (Å²) in [5.74, 6) is 0.00180. The molecule has 0 radical (unpaired) electrons. The van der Waals surface area contributed by atoms with E-state index in [1.807, 2.05) is 24.3 Å². The van der Waals surface area contributed by atoms with Crippen molar-refractivity contribution in [1.82, 2.24) is 0 Å². The van der Waals surface area contributed by atoms with Crippen LogP contribution in [0.4, 0.5) is 11.4 Å². The van der Waals surface area contributed by atoms with Gasteiger partial charge in [0.2, 0.25) is 11.8 Å². The van der Waals surface area contributed by atoms with Gasteiger partial charge in [-0.25, -0.2) is 0 Å². The Balaban J connectivity index is 1.72. The average molecular weight is 338 g/mol. The Morgan fingerprint density at radius 3 is 2.20 bits per heavy atom. The Kier molecular flexibility index (Phi) is 6.75. The number of nitrogens with one attached hydrogen (secondary N) is 1. The number of nitrogens with zero attached hydrogens (tertiary/aromatic N) is 1. The second-order valence-corrected chi connectivity index (χ2v) is 6.37. The molecule has 0 heterocycles. The zero-order chi connectivity index (χ0) is 18.2. The third kappa shape index (κ3) is 6.07. The van der Waals surface area contributed by atoms with E-state index in [2.05, 4.69) is 36.5 Å². The molecule has 0 aliphatic heterocycles. The van der Waals surface area contributed by atoms with Gasteiger partial charge in [0.1, 0.15) is 0 Å². The SMILES string of the molecule is CC(=O)N(C)c1ccc(NC(=O)CCCCc2ccc(C)cc2)cc1. The van der Waals surface area contributed by atoms with E-state index in [0.717, 1.165) is 30.6 Å². The highest BCUT2D eigenvalue weighted by Gasteiger charge is 2.06. The van der Waals surface area contributed by atoms with E-state index in [1.54, 1.807) is 11.9 Å². The summed E-state index contributed by atoms with van der Waals surface area (Å²) in [5.41, 5.74) is 4.15. The van der Waals surface area contributed by atoms with E-state index in [1.165, 1.54) is 18.1 Å². The van der Waals surface area contributed by atoms with Crippen LogP contribution < -0.4 is 10.2 Å². The van der Waals surface area contributed by atoms with E-state index >= 15 is 0 Å². The standard InChI is InChI=1S/C21H26N2O2/c1-16-8-10-18(11-9-16)6-4-5-7-21(25)22-19-12-14-20(15-13-19)23(3)17(2)24/h8-15H,4-7H2,1-3H3,(H,22,25). The van der Waals surface area contributed by atoms with Crippen molar-refractivity contribution < 1.29 is 9.59 Å². The van der Waals surface area contributed by atoms with Crippen molar-refractivity contribution in [3.63, 3.8) is 0 Å². The Bertz CT molecular complexity index is 706. The van der Waals surface area contributed by atoms with Gasteiger partial charge in [-0.1, -0.05) is 29.8 Å². The van der Waals surface area contributed by atoms with E-state index < -0.39 is 0 Å². The second-order valence-electron chi connectivity index (χ2n) is 6.37. The number of unbranched alkanes of at least 4 members (excludes halogenated alkanes) is 1. The van der Waals surface area contributed by atoms with Crippen LogP contribution in [0.15, 0.2) is 48.5 Å². The van der Waals surface area contributed by atoms with Crippen LogP contribution in [0, 0.1) is 6.92 Å². The van der Waals surface area contributed by atoms with Crippen molar-refractivity contribution in [2.75, 3.05) is 17.3 Å². The van der Waals surface area contributed by atoms with Crippen LogP contribution in [-0.4, -0.2) is 18.9 Å². The van der Waals surface area contributed by atoms with Gasteiger partial charge in [-0.2, -0.15) is 0 Å². The van der Waals surface area contributed by atoms with Crippen molar-refractivity contribution in [2.45, 2.75) is 39.5 Å². The van der Waals surface area contributed by atoms with Crippen LogP contribution in [0.3, 0.4) is 0 Å². The van der Waals surface area contributed by atoms with Gasteiger partial charge < -0.3 is 10.2 Å². The quantitative estimate of drug-likeness (QED) is 0.764. The maximum absolute atomic E-state index is 12.0. The summed E-state index contributed by atoms with van der Waals surface area (Å²) in [5, 5.41) is 2.90. The fourth-order valence-corrected chi connectivity index (χ4v) is 2.54. The molecule has 0 fully saturated rings. The van der Waals surface area contributed by atoms with Crippen molar-refractivity contribution in [2.24, 2.45) is 0 Å². The van der Waals surface area contributed by atoms with Crippen molar-refractivity contribution >= 4 is 23.2 Å². The first-order chi connectivity index (χ1) is 12.0. The van der Waals surface area contributed by atoms with Gasteiger partial charge >= 0.3 is 0 Å². The van der Waals surface area contributed by atoms with Gasteiger partial charge in [-0.3, -0.25) is 9.59 Å². The van der Waals surface area contributed by atoms with Gasteiger partial charge in [-0.05, 0) is 56.0 Å². The van der Waals surface area contributed by atoms with Gasteiger partial charge in [0, 0.05) is 31.8 Å². The Morgan fingerprint density at radius 2 is 1.60 bits per heavy atom. The third-order valence-electron chi connectivity index (χ3n) is 4.25. The number of carbonyl (C=O) groups is 2. The first-order valence-electron chi connectivity index (χ1n) is 8.65. The highest BCUT2D eigenvalue weighted by molar-refractivity contribution is 5.93. The van der Waals surface area contributed by atoms with Crippen LogP contribution in [0.2, 0.25) is 0 Å². The topological polar surface area (TPSA) is 49.4 Å². The molecule has 0 aliphatic rings. The number of aryl methyl sites for hydroxylation is 2. The molecule has 132 valence electrons. The van der Waals surface area contributed by atoms with Crippen LogP contribution in [0.25, 0.3) is 0 Å². The van der Waals surface area contributed by atoms with Crippen molar-refractivity contribution in [3.05, 3.63) is 59.7 Å². The largest absolute Gasteiger partial charge is 0.326 e. The molecule has 0 unspecified atom stereocenters. The molecule has 0 saturated carbocycles. The number of hydrogen-bond acceptors (Lipinski definition) is 2. The van der Waals surface area contributed by atoms with Crippen molar-refractivity contribution in [1.29, 1.82) is 0 Å². The average Bonchev–Trinajstić information content (AvgIpc) is 2.60. The first-order valence-corrected chi connectivity index (χ1v) is 8.65. The molecule has 0 aromatic heterocycles. The molecule has 1 N–H and O–H groups in total. The lowest BCUT2D eigenvalue weighted by Crippen LogP contribution is -2.22. The molecule has 2 aromatic rings. The Labute approximate surface area is 149 Å². The summed E-state index contributed by atoms with van der Waals surface area (Å²) in [6, 6.07) is 15.8. The fraction of sp³-hybridized carbons (Fsp3) is 0.333. The van der Waals surface area contributed by atoms with Gasteiger partial charge in [-0.15, -0.1) is 0 Å². The fourth-order valence-electron chi connectivity index (χ4n) is 2.54. The molecule has 0 bridgehead atoms. The number of amides is 2. The minimum Gasteiger partial charge on any atom is -0.326 e. The maximum Gasteiger partial charge on any atom is 0.224 e. The molecule has 4 heteroatoms. The molecule has 0 spiro atoms. The van der Waals surface area contributed by atoms with Gasteiger partial charge in [0.25, 0.3) is 0 Å². The smallest absolute Gasteiger partial charge is 0.224 e. The monoisotopic (exact) mass is 338 g/mol. The van der Waals surface area contributed by atoms with Gasteiger partial charge in [0.05, 0.1) is 0 Å². The van der Waals surface area contributed by atoms with Crippen LogP contribution in [0.1, 0.15) is 37.3 Å². The third-order valence-corrected chi connectivity index (χ3v) is 4.25. The summed E-state index contributed by atoms with van der Waals surface area (Å²) in [6.45, 7) is 3.60. The number of hydrogen-bond donors (Lipinski definition) is 1. The van der Waals surface area contributed by atoms with E-state index in [9.17, 15) is 9.59 Å². The van der Waals surface area contributed by atoms with Crippen molar-refractivity contribution in [3.8, 4) is 0 Å². The summed E-state index contributed by atoms with van der Waals surface area (Å²) in [7, 11) is 1.73. The lowest BCUT2D eigenvalue weighted by molar-refractivity contribution is -0.117. The normalized spacial score (nSPS) is 10.4. The summed E-state index contributed by atoms with van der Waals surface area (Å²) in [6.07, 6.45) is 3.38. The summed E-state index contributed by atoms with van der Waals surface area (Å²) >= 11 is 0. The maximum atomic E-state index is 12.0. The molecule has 4 nitrogen and oxygen atoms in total. The zero-order valence-electron chi connectivity index (χ0n) is 15.2. The highest BCUT2D eigenvalue weighted by atomic mass is 16.2. The number of rotatable bonds is 7. The number of carbonyl (C=O) groups excluding carboxylic acids is 2. The lowest BCUT2D eigenvalue weighted by atomic mass is 10.1. The first kappa shape index (κ1) is 18.7. The molecular weight excluding hydrogens is 312 g/mol. The highest BCUT2D eigenvalue weighted by Crippen LogP contribution is 2.17. The zero-order valence-corrected chi connectivity index (χ0v) is 15.2. The molecule has 0 saturated heterocycles. The summed E-state index contributed by atoms with van der Waals surface area (Å²) in [4.78, 5) is 24.9. The molecule has 2 amide bonds. The number of anilines is 2. The van der Waals surface area contributed by atoms with E-state index in [-0.39, 0.29) is 11.8 Å². The van der Waals surface area contributed by atoms with Crippen LogP contribution in [0.5, 0.6) is 0 Å². The second kappa shape index (κ2) is 9.02. The van der Waals surface area contributed by atoms with Gasteiger partial charge in [0.15, 0.2) is 0 Å². The van der Waals surface area contributed by atoms with E-state index in [4.69, 9.17) is 0 Å². The molecule has 2 aromatic carbocycles. The molecule has 0 aliphatic carbocycles. The predicted octanol–water partition coefficient (Wildman–Crippen LogP) is 4.33.